The monoisotopic (exact) mass is 297 g/mol. The van der Waals surface area contributed by atoms with Gasteiger partial charge in [-0.3, -0.25) is 9.36 Å². The SMILES string of the molecule is CCn1ccc(CNS(=O)(=O)c2cnn(CC)c2C)n1. The largest absolute Gasteiger partial charge is 0.273 e. The third-order valence-corrected chi connectivity index (χ3v) is 4.61. The Morgan fingerprint density at radius 3 is 2.60 bits per heavy atom. The van der Waals surface area contributed by atoms with Gasteiger partial charge in [0, 0.05) is 19.3 Å². The second-order valence-electron chi connectivity index (χ2n) is 4.40. The van der Waals surface area contributed by atoms with Crippen LogP contribution in [-0.4, -0.2) is 28.0 Å². The first kappa shape index (κ1) is 14.7. The van der Waals surface area contributed by atoms with Crippen LogP contribution >= 0.6 is 0 Å². The van der Waals surface area contributed by atoms with E-state index < -0.39 is 10.0 Å². The lowest BCUT2D eigenvalue weighted by molar-refractivity contribution is 0.576. The predicted octanol–water partition coefficient (Wildman–Crippen LogP) is 0.906. The van der Waals surface area contributed by atoms with Gasteiger partial charge in [0.05, 0.1) is 24.1 Å². The van der Waals surface area contributed by atoms with Crippen molar-refractivity contribution in [1.29, 1.82) is 0 Å². The second kappa shape index (κ2) is 5.76. The Kier molecular flexibility index (Phi) is 4.24. The van der Waals surface area contributed by atoms with Gasteiger partial charge in [0.25, 0.3) is 0 Å². The number of nitrogens with one attached hydrogen (secondary N) is 1. The Morgan fingerprint density at radius 1 is 1.30 bits per heavy atom. The van der Waals surface area contributed by atoms with Crippen molar-refractivity contribution < 1.29 is 8.42 Å². The lowest BCUT2D eigenvalue weighted by Crippen LogP contribution is -2.24. The normalized spacial score (nSPS) is 11.9. The van der Waals surface area contributed by atoms with Crippen LogP contribution in [0.1, 0.15) is 25.2 Å². The molecule has 1 N–H and O–H groups in total. The molecule has 2 rings (SSSR count). The molecule has 0 bridgehead atoms. The van der Waals surface area contributed by atoms with E-state index in [1.54, 1.807) is 22.4 Å². The highest BCUT2D eigenvalue weighted by Crippen LogP contribution is 2.14. The van der Waals surface area contributed by atoms with E-state index >= 15 is 0 Å². The third-order valence-electron chi connectivity index (χ3n) is 3.11. The Hall–Kier alpha value is -1.67. The highest BCUT2D eigenvalue weighted by Gasteiger charge is 2.20. The first-order valence-corrected chi connectivity index (χ1v) is 8.00. The fourth-order valence-electron chi connectivity index (χ4n) is 1.93. The van der Waals surface area contributed by atoms with E-state index in [-0.39, 0.29) is 11.4 Å². The minimum atomic E-state index is -3.56. The minimum Gasteiger partial charge on any atom is -0.273 e. The molecule has 2 heterocycles. The highest BCUT2D eigenvalue weighted by atomic mass is 32.2. The summed E-state index contributed by atoms with van der Waals surface area (Å²) < 4.78 is 30.4. The summed E-state index contributed by atoms with van der Waals surface area (Å²) in [5, 5.41) is 8.29. The maximum atomic E-state index is 12.2. The van der Waals surface area contributed by atoms with Crippen LogP contribution in [0.2, 0.25) is 0 Å². The van der Waals surface area contributed by atoms with Crippen molar-refractivity contribution in [2.24, 2.45) is 0 Å². The molecule has 8 heteroatoms. The van der Waals surface area contributed by atoms with Gasteiger partial charge in [0.15, 0.2) is 0 Å². The molecule has 0 spiro atoms. The first-order valence-electron chi connectivity index (χ1n) is 6.52. The van der Waals surface area contributed by atoms with Gasteiger partial charge < -0.3 is 0 Å². The average molecular weight is 297 g/mol. The molecular formula is C12H19N5O2S. The Labute approximate surface area is 118 Å². The van der Waals surface area contributed by atoms with Crippen LogP contribution in [0.25, 0.3) is 0 Å². The van der Waals surface area contributed by atoms with E-state index in [4.69, 9.17) is 0 Å². The van der Waals surface area contributed by atoms with Crippen molar-refractivity contribution in [2.45, 2.75) is 45.3 Å². The fourth-order valence-corrected chi connectivity index (χ4v) is 3.11. The molecule has 0 unspecified atom stereocenters. The molecule has 0 saturated carbocycles. The van der Waals surface area contributed by atoms with Gasteiger partial charge in [-0.1, -0.05) is 0 Å². The summed E-state index contributed by atoms with van der Waals surface area (Å²) >= 11 is 0. The molecular weight excluding hydrogens is 278 g/mol. The maximum absolute atomic E-state index is 12.2. The average Bonchev–Trinajstić information content (AvgIpc) is 3.02. The van der Waals surface area contributed by atoms with Crippen LogP contribution < -0.4 is 4.72 Å². The molecule has 0 aliphatic carbocycles. The molecule has 0 atom stereocenters. The molecule has 0 saturated heterocycles. The Bertz CT molecular complexity index is 687. The van der Waals surface area contributed by atoms with Crippen LogP contribution in [0.15, 0.2) is 23.4 Å². The zero-order chi connectivity index (χ0) is 14.8. The number of aromatic nitrogens is 4. The molecule has 2 aromatic heterocycles. The predicted molar refractivity (Wildman–Crippen MR) is 74.6 cm³/mol. The smallest absolute Gasteiger partial charge is 0.244 e. The van der Waals surface area contributed by atoms with Gasteiger partial charge in [-0.05, 0) is 26.8 Å². The van der Waals surface area contributed by atoms with Crippen molar-refractivity contribution in [1.82, 2.24) is 24.3 Å². The van der Waals surface area contributed by atoms with Gasteiger partial charge >= 0.3 is 0 Å². The number of nitrogens with zero attached hydrogens (tertiary/aromatic N) is 4. The van der Waals surface area contributed by atoms with Crippen molar-refractivity contribution in [2.75, 3.05) is 0 Å². The summed E-state index contributed by atoms with van der Waals surface area (Å²) in [6, 6.07) is 1.80. The van der Waals surface area contributed by atoms with E-state index in [1.807, 2.05) is 20.0 Å². The van der Waals surface area contributed by atoms with Crippen LogP contribution in [-0.2, 0) is 29.7 Å². The van der Waals surface area contributed by atoms with Crippen molar-refractivity contribution in [3.63, 3.8) is 0 Å². The number of hydrogen-bond acceptors (Lipinski definition) is 4. The first-order chi connectivity index (χ1) is 9.47. The molecule has 0 amide bonds. The third kappa shape index (κ3) is 2.91. The maximum Gasteiger partial charge on any atom is 0.244 e. The van der Waals surface area contributed by atoms with E-state index in [0.717, 1.165) is 6.54 Å². The summed E-state index contributed by atoms with van der Waals surface area (Å²) in [5.74, 6) is 0. The molecule has 110 valence electrons. The summed E-state index contributed by atoms with van der Waals surface area (Å²) in [6.07, 6.45) is 3.20. The van der Waals surface area contributed by atoms with Crippen LogP contribution in [0, 0.1) is 6.92 Å². The Morgan fingerprint density at radius 2 is 2.05 bits per heavy atom. The van der Waals surface area contributed by atoms with Crippen LogP contribution in [0.3, 0.4) is 0 Å². The number of rotatable bonds is 6. The number of aryl methyl sites for hydroxylation is 2. The fraction of sp³-hybridized carbons (Fsp3) is 0.500. The minimum absolute atomic E-state index is 0.173. The van der Waals surface area contributed by atoms with E-state index in [1.165, 1.54) is 6.20 Å². The zero-order valence-corrected chi connectivity index (χ0v) is 12.7. The lowest BCUT2D eigenvalue weighted by Gasteiger charge is -2.05. The standard InChI is InChI=1S/C12H19N5O2S/c1-4-16-7-6-11(15-16)8-14-20(18,19)12-9-13-17(5-2)10(12)3/h6-7,9,14H,4-5,8H2,1-3H3. The quantitative estimate of drug-likeness (QED) is 0.859. The van der Waals surface area contributed by atoms with Crippen LogP contribution in [0.5, 0.6) is 0 Å². The molecule has 20 heavy (non-hydrogen) atoms. The topological polar surface area (TPSA) is 81.8 Å². The molecule has 0 aliphatic rings. The van der Waals surface area contributed by atoms with Gasteiger partial charge in [-0.2, -0.15) is 10.2 Å². The number of hydrogen-bond donors (Lipinski definition) is 1. The molecule has 0 aliphatic heterocycles. The van der Waals surface area contributed by atoms with E-state index in [2.05, 4.69) is 14.9 Å². The van der Waals surface area contributed by atoms with Crippen LogP contribution in [0.4, 0.5) is 0 Å². The number of sulfonamides is 1. The molecule has 0 aromatic carbocycles. The van der Waals surface area contributed by atoms with Crippen molar-refractivity contribution in [3.05, 3.63) is 29.8 Å². The van der Waals surface area contributed by atoms with E-state index in [0.29, 0.717) is 17.9 Å². The Balaban J connectivity index is 2.12. The van der Waals surface area contributed by atoms with Gasteiger partial charge in [0.2, 0.25) is 10.0 Å². The zero-order valence-electron chi connectivity index (χ0n) is 11.9. The molecule has 0 fully saturated rings. The molecule has 2 aromatic rings. The van der Waals surface area contributed by atoms with Gasteiger partial charge in [-0.15, -0.1) is 0 Å². The summed E-state index contributed by atoms with van der Waals surface area (Å²) in [5.41, 5.74) is 1.33. The second-order valence-corrected chi connectivity index (χ2v) is 6.13. The van der Waals surface area contributed by atoms with E-state index in [9.17, 15) is 8.42 Å². The summed E-state index contributed by atoms with van der Waals surface area (Å²) in [4.78, 5) is 0.217. The van der Waals surface area contributed by atoms with Crippen molar-refractivity contribution >= 4 is 10.0 Å². The summed E-state index contributed by atoms with van der Waals surface area (Å²) in [7, 11) is -3.56. The van der Waals surface area contributed by atoms with Crippen molar-refractivity contribution in [3.8, 4) is 0 Å². The summed E-state index contributed by atoms with van der Waals surface area (Å²) in [6.45, 7) is 7.21. The molecule has 7 nitrogen and oxygen atoms in total. The lowest BCUT2D eigenvalue weighted by atomic mass is 10.4. The van der Waals surface area contributed by atoms with Gasteiger partial charge in [0.1, 0.15) is 4.90 Å². The van der Waals surface area contributed by atoms with Gasteiger partial charge in [-0.25, -0.2) is 13.1 Å². The molecule has 0 radical (unpaired) electrons. The highest BCUT2D eigenvalue weighted by molar-refractivity contribution is 7.89.